The highest BCUT2D eigenvalue weighted by atomic mass is 32.2. The number of hydrogen-bond donors (Lipinski definition) is 1. The summed E-state index contributed by atoms with van der Waals surface area (Å²) in [6.45, 7) is 12.2. The fourth-order valence-corrected chi connectivity index (χ4v) is 4.35. The third-order valence-corrected chi connectivity index (χ3v) is 6.50. The molecular formula is C22H31F3N6OS. The molecule has 0 bridgehead atoms. The molecule has 182 valence electrons. The van der Waals surface area contributed by atoms with Crippen LogP contribution < -0.4 is 10.5 Å². The van der Waals surface area contributed by atoms with E-state index in [9.17, 15) is 13.2 Å². The average molecular weight is 485 g/mol. The second-order valence-corrected chi connectivity index (χ2v) is 8.80. The number of nitrogen functional groups attached to an aromatic ring is 1. The van der Waals surface area contributed by atoms with Crippen LogP contribution in [0.5, 0.6) is 5.75 Å². The van der Waals surface area contributed by atoms with E-state index in [2.05, 4.69) is 42.9 Å². The van der Waals surface area contributed by atoms with Crippen molar-refractivity contribution in [2.45, 2.75) is 38.1 Å². The Hall–Kier alpha value is -2.24. The molecule has 2 fully saturated rings. The first-order valence-electron chi connectivity index (χ1n) is 10.9. The molecule has 1 saturated carbocycles. The van der Waals surface area contributed by atoms with Gasteiger partial charge in [0.15, 0.2) is 11.6 Å². The van der Waals surface area contributed by atoms with Crippen LogP contribution in [0.4, 0.5) is 19.0 Å². The molecule has 2 aromatic rings. The van der Waals surface area contributed by atoms with Crippen LogP contribution in [0.3, 0.4) is 0 Å². The smallest absolute Gasteiger partial charge is 0.402 e. The number of alkyl halides is 3. The van der Waals surface area contributed by atoms with Crippen LogP contribution in [-0.2, 0) is 6.54 Å². The van der Waals surface area contributed by atoms with E-state index in [0.29, 0.717) is 17.2 Å². The van der Waals surface area contributed by atoms with E-state index >= 15 is 0 Å². The number of hydrogen-bond acceptors (Lipinski definition) is 7. The summed E-state index contributed by atoms with van der Waals surface area (Å²) in [6.07, 6.45) is 3.81. The third-order valence-electron chi connectivity index (χ3n) is 5.62. The number of rotatable bonds is 8. The zero-order valence-electron chi connectivity index (χ0n) is 18.9. The van der Waals surface area contributed by atoms with Gasteiger partial charge in [0.05, 0.1) is 5.69 Å². The second kappa shape index (κ2) is 11.3. The Bertz CT molecular complexity index is 910. The van der Waals surface area contributed by atoms with E-state index in [1.165, 1.54) is 12.3 Å². The lowest BCUT2D eigenvalue weighted by Gasteiger charge is -2.33. The molecule has 2 N–H and O–H groups in total. The van der Waals surface area contributed by atoms with Crippen LogP contribution in [-0.4, -0.2) is 69.1 Å². The van der Waals surface area contributed by atoms with Gasteiger partial charge < -0.3 is 19.9 Å². The molecule has 11 heteroatoms. The van der Waals surface area contributed by atoms with Crippen molar-refractivity contribution in [1.29, 1.82) is 0 Å². The molecule has 0 radical (unpaired) electrons. The van der Waals surface area contributed by atoms with Gasteiger partial charge in [0.25, 0.3) is 0 Å². The lowest BCUT2D eigenvalue weighted by molar-refractivity contribution is -0.274. The summed E-state index contributed by atoms with van der Waals surface area (Å²) >= 11 is 1.80. The number of halogens is 3. The Morgan fingerprint density at radius 3 is 2.48 bits per heavy atom. The van der Waals surface area contributed by atoms with E-state index in [4.69, 9.17) is 10.7 Å². The molecule has 3 heterocycles. The molecule has 1 aliphatic heterocycles. The number of aromatic nitrogens is 3. The molecule has 0 aromatic carbocycles. The van der Waals surface area contributed by atoms with Crippen LogP contribution in [0.25, 0.3) is 11.3 Å². The van der Waals surface area contributed by atoms with Gasteiger partial charge in [-0.3, -0.25) is 0 Å². The summed E-state index contributed by atoms with van der Waals surface area (Å²) in [5, 5.41) is 0. The molecule has 2 aromatic heterocycles. The second-order valence-electron chi connectivity index (χ2n) is 7.91. The monoisotopic (exact) mass is 484 g/mol. The van der Waals surface area contributed by atoms with E-state index in [1.807, 2.05) is 6.20 Å². The maximum absolute atomic E-state index is 12.6. The zero-order valence-corrected chi connectivity index (χ0v) is 19.7. The molecular weight excluding hydrogens is 453 g/mol. The molecule has 4 rings (SSSR count). The van der Waals surface area contributed by atoms with Gasteiger partial charge in [0, 0.05) is 56.6 Å². The number of anilines is 1. The van der Waals surface area contributed by atoms with Gasteiger partial charge in [-0.1, -0.05) is 11.9 Å². The predicted octanol–water partition coefficient (Wildman–Crippen LogP) is 4.39. The first-order valence-corrected chi connectivity index (χ1v) is 12.1. The number of aryl methyl sites for hydroxylation is 1. The highest BCUT2D eigenvalue weighted by Gasteiger charge is 2.33. The summed E-state index contributed by atoms with van der Waals surface area (Å²) in [6, 6.07) is 1.25. The Morgan fingerprint density at radius 1 is 1.18 bits per heavy atom. The summed E-state index contributed by atoms with van der Waals surface area (Å²) in [5.74, 6) is 0.616. The fourth-order valence-electron chi connectivity index (χ4n) is 3.82. The molecule has 7 nitrogen and oxygen atoms in total. The van der Waals surface area contributed by atoms with Gasteiger partial charge in [-0.15, -0.1) is 26.3 Å². The summed E-state index contributed by atoms with van der Waals surface area (Å²) in [4.78, 5) is 11.1. The van der Waals surface area contributed by atoms with Crippen LogP contribution in [0, 0.1) is 0 Å². The van der Waals surface area contributed by atoms with Crippen LogP contribution in [0.1, 0.15) is 31.0 Å². The normalized spacial score (nSPS) is 17.5. The van der Waals surface area contributed by atoms with E-state index < -0.39 is 12.1 Å². The highest BCUT2D eigenvalue weighted by molar-refractivity contribution is 7.96. The molecule has 0 atom stereocenters. The molecule has 1 saturated heterocycles. The maximum Gasteiger partial charge on any atom is 0.573 e. The van der Waals surface area contributed by atoms with E-state index in [1.54, 1.807) is 11.9 Å². The minimum Gasteiger partial charge on any atom is -0.402 e. The first kappa shape index (κ1) is 25.4. The summed E-state index contributed by atoms with van der Waals surface area (Å²) in [7, 11) is 0. The maximum atomic E-state index is 12.6. The van der Waals surface area contributed by atoms with Crippen molar-refractivity contribution in [1.82, 2.24) is 23.7 Å². The topological polar surface area (TPSA) is 72.4 Å². The largest absolute Gasteiger partial charge is 0.573 e. The number of pyridine rings is 1. The molecule has 0 unspecified atom stereocenters. The third kappa shape index (κ3) is 7.12. The minimum absolute atomic E-state index is 0.301. The fraction of sp³-hybridized carbons (Fsp3) is 0.545. The Morgan fingerprint density at radius 2 is 1.88 bits per heavy atom. The molecule has 1 aliphatic carbocycles. The molecule has 33 heavy (non-hydrogen) atoms. The van der Waals surface area contributed by atoms with Crippen molar-refractivity contribution in [3.63, 3.8) is 0 Å². The standard InChI is InChI=1S/C20H27F3N6OS.C2H4/c1-31-29-9-7-27(8-10-29)5-2-6-28-13-16(26-19(28)14-3-4-14)15-11-17(18(24)25-12-15)30-20(21,22)23;1-2/h11-14H,2-10H2,1H3,(H2,24,25);1-2H2. The quantitative estimate of drug-likeness (QED) is 0.440. The number of nitrogens with zero attached hydrogens (tertiary/aromatic N) is 5. The van der Waals surface area contributed by atoms with Crippen molar-refractivity contribution >= 4 is 17.8 Å². The van der Waals surface area contributed by atoms with Crippen molar-refractivity contribution in [2.24, 2.45) is 0 Å². The van der Waals surface area contributed by atoms with Crippen molar-refractivity contribution < 1.29 is 17.9 Å². The number of nitrogens with two attached hydrogens (primary N) is 1. The van der Waals surface area contributed by atoms with Gasteiger partial charge >= 0.3 is 6.36 Å². The molecule has 0 amide bonds. The Labute approximate surface area is 196 Å². The molecule has 2 aliphatic rings. The van der Waals surface area contributed by atoms with Gasteiger partial charge in [0.2, 0.25) is 0 Å². The van der Waals surface area contributed by atoms with E-state index in [0.717, 1.165) is 64.4 Å². The highest BCUT2D eigenvalue weighted by Crippen LogP contribution is 2.41. The van der Waals surface area contributed by atoms with E-state index in [-0.39, 0.29) is 5.82 Å². The lowest BCUT2D eigenvalue weighted by atomic mass is 10.2. The van der Waals surface area contributed by atoms with Crippen LogP contribution in [0.2, 0.25) is 0 Å². The molecule has 0 spiro atoms. The van der Waals surface area contributed by atoms with Crippen molar-refractivity contribution in [3.8, 4) is 17.0 Å². The van der Waals surface area contributed by atoms with Gasteiger partial charge in [-0.2, -0.15) is 0 Å². The average Bonchev–Trinajstić information content (AvgIpc) is 3.56. The van der Waals surface area contributed by atoms with Crippen LogP contribution >= 0.6 is 11.9 Å². The Balaban J connectivity index is 0.00000149. The summed E-state index contributed by atoms with van der Waals surface area (Å²) < 4.78 is 46.4. The Kier molecular flexibility index (Phi) is 8.66. The lowest BCUT2D eigenvalue weighted by Crippen LogP contribution is -2.43. The van der Waals surface area contributed by atoms with Crippen molar-refractivity contribution in [3.05, 3.63) is 37.4 Å². The van der Waals surface area contributed by atoms with Gasteiger partial charge in [-0.25, -0.2) is 14.3 Å². The minimum atomic E-state index is -4.83. The predicted molar refractivity (Wildman–Crippen MR) is 126 cm³/mol. The number of ether oxygens (including phenoxy) is 1. The van der Waals surface area contributed by atoms with Gasteiger partial charge in [0.1, 0.15) is 5.82 Å². The number of imidazole rings is 1. The number of piperazine rings is 1. The van der Waals surface area contributed by atoms with Crippen molar-refractivity contribution in [2.75, 3.05) is 44.7 Å². The van der Waals surface area contributed by atoms with Gasteiger partial charge in [-0.05, 0) is 38.1 Å². The first-order chi connectivity index (χ1) is 15.8. The summed E-state index contributed by atoms with van der Waals surface area (Å²) in [5.41, 5.74) is 6.60. The SMILES string of the molecule is C=C.CSN1CCN(CCCn2cc(-c3cnc(N)c(OC(F)(F)F)c3)nc2C2CC2)CC1. The van der Waals surface area contributed by atoms with Crippen LogP contribution in [0.15, 0.2) is 31.6 Å². The zero-order chi connectivity index (χ0) is 24.0.